The van der Waals surface area contributed by atoms with E-state index in [2.05, 4.69) is 10.4 Å². The second-order valence-corrected chi connectivity index (χ2v) is 5.45. The topological polar surface area (TPSA) is 81.3 Å². The van der Waals surface area contributed by atoms with Gasteiger partial charge < -0.3 is 10.1 Å². The Hall–Kier alpha value is -3.47. The van der Waals surface area contributed by atoms with Crippen LogP contribution in [0.5, 0.6) is 11.5 Å². The molecule has 0 spiro atoms. The van der Waals surface area contributed by atoms with Gasteiger partial charge in [0.1, 0.15) is 11.5 Å². The SMILES string of the molecule is N=NC(=N)c1ccc(NCc2cccc(Oc3ccccc3)c2)cc1. The van der Waals surface area contributed by atoms with Gasteiger partial charge in [0, 0.05) is 17.8 Å². The van der Waals surface area contributed by atoms with Crippen LogP contribution >= 0.6 is 0 Å². The second kappa shape index (κ2) is 7.88. The first kappa shape index (κ1) is 16.4. The third-order valence-corrected chi connectivity index (χ3v) is 3.64. The van der Waals surface area contributed by atoms with E-state index in [1.165, 1.54) is 0 Å². The van der Waals surface area contributed by atoms with Gasteiger partial charge in [-0.15, -0.1) is 5.11 Å². The fourth-order valence-corrected chi connectivity index (χ4v) is 2.36. The standard InChI is InChI=1S/C20H18N4O/c21-20(24-22)16-9-11-17(12-10-16)23-14-15-5-4-8-19(13-15)25-18-6-2-1-3-7-18/h1-13,21-23H,14H2. The monoisotopic (exact) mass is 330 g/mol. The van der Waals surface area contributed by atoms with E-state index in [0.29, 0.717) is 12.1 Å². The van der Waals surface area contributed by atoms with Gasteiger partial charge in [-0.3, -0.25) is 5.41 Å². The largest absolute Gasteiger partial charge is 0.457 e. The van der Waals surface area contributed by atoms with Gasteiger partial charge in [-0.1, -0.05) is 30.3 Å². The number of hydrogen-bond donors (Lipinski definition) is 3. The summed E-state index contributed by atoms with van der Waals surface area (Å²) in [5.41, 5.74) is 9.53. The molecule has 0 saturated carbocycles. The van der Waals surface area contributed by atoms with Crippen molar-refractivity contribution in [2.75, 3.05) is 5.32 Å². The number of ether oxygens (including phenoxy) is 1. The number of nitrogens with zero attached hydrogens (tertiary/aromatic N) is 1. The van der Waals surface area contributed by atoms with E-state index in [0.717, 1.165) is 22.7 Å². The smallest absolute Gasteiger partial charge is 0.173 e. The van der Waals surface area contributed by atoms with Gasteiger partial charge in [0.25, 0.3) is 0 Å². The predicted molar refractivity (Wildman–Crippen MR) is 98.7 cm³/mol. The molecule has 0 aliphatic rings. The van der Waals surface area contributed by atoms with Gasteiger partial charge in [-0.05, 0) is 54.1 Å². The maximum Gasteiger partial charge on any atom is 0.173 e. The molecule has 25 heavy (non-hydrogen) atoms. The second-order valence-electron chi connectivity index (χ2n) is 5.45. The van der Waals surface area contributed by atoms with Crippen molar-refractivity contribution in [3.63, 3.8) is 0 Å². The minimum atomic E-state index is -0.0442. The lowest BCUT2D eigenvalue weighted by Gasteiger charge is -2.10. The number of rotatable bonds is 6. The summed E-state index contributed by atoms with van der Waals surface area (Å²) in [6.45, 7) is 0.658. The van der Waals surface area contributed by atoms with Crippen LogP contribution in [0, 0.1) is 10.9 Å². The van der Waals surface area contributed by atoms with Crippen molar-refractivity contribution in [1.82, 2.24) is 0 Å². The van der Waals surface area contributed by atoms with Gasteiger partial charge in [-0.25, -0.2) is 5.53 Å². The molecule has 124 valence electrons. The molecule has 0 unspecified atom stereocenters. The van der Waals surface area contributed by atoms with Crippen molar-refractivity contribution in [2.24, 2.45) is 5.11 Å². The molecule has 0 atom stereocenters. The average Bonchev–Trinajstić information content (AvgIpc) is 2.67. The molecule has 5 nitrogen and oxygen atoms in total. The molecule has 0 aliphatic carbocycles. The molecule has 3 rings (SSSR count). The predicted octanol–water partition coefficient (Wildman–Crippen LogP) is 5.45. The van der Waals surface area contributed by atoms with Crippen LogP contribution < -0.4 is 10.1 Å². The number of para-hydroxylation sites is 1. The van der Waals surface area contributed by atoms with Crippen LogP contribution in [0.15, 0.2) is 84.0 Å². The van der Waals surface area contributed by atoms with Crippen LogP contribution in [-0.4, -0.2) is 5.84 Å². The van der Waals surface area contributed by atoms with E-state index < -0.39 is 0 Å². The molecular weight excluding hydrogens is 312 g/mol. The zero-order chi connectivity index (χ0) is 17.5. The maximum absolute atomic E-state index is 7.51. The highest BCUT2D eigenvalue weighted by Crippen LogP contribution is 2.22. The van der Waals surface area contributed by atoms with Crippen molar-refractivity contribution in [1.29, 1.82) is 10.9 Å². The van der Waals surface area contributed by atoms with E-state index in [4.69, 9.17) is 15.7 Å². The lowest BCUT2D eigenvalue weighted by molar-refractivity contribution is 0.482. The first-order chi connectivity index (χ1) is 12.2. The van der Waals surface area contributed by atoms with Crippen LogP contribution in [0.4, 0.5) is 5.69 Å². The van der Waals surface area contributed by atoms with Crippen molar-refractivity contribution in [2.45, 2.75) is 6.54 Å². The van der Waals surface area contributed by atoms with E-state index in [1.54, 1.807) is 12.1 Å². The fourth-order valence-electron chi connectivity index (χ4n) is 2.36. The number of hydrogen-bond acceptors (Lipinski definition) is 4. The van der Waals surface area contributed by atoms with Crippen molar-refractivity contribution >= 4 is 11.5 Å². The minimum absolute atomic E-state index is 0.0442. The molecule has 0 amide bonds. The van der Waals surface area contributed by atoms with Crippen molar-refractivity contribution < 1.29 is 4.74 Å². The molecule has 0 aromatic heterocycles. The highest BCUT2D eigenvalue weighted by atomic mass is 16.5. The van der Waals surface area contributed by atoms with Gasteiger partial charge in [0.15, 0.2) is 5.84 Å². The summed E-state index contributed by atoms with van der Waals surface area (Å²) in [7, 11) is 0. The van der Waals surface area contributed by atoms with E-state index >= 15 is 0 Å². The van der Waals surface area contributed by atoms with Crippen LogP contribution in [0.2, 0.25) is 0 Å². The lowest BCUT2D eigenvalue weighted by Crippen LogP contribution is -2.00. The quantitative estimate of drug-likeness (QED) is 0.319. The summed E-state index contributed by atoms with van der Waals surface area (Å²) in [6.07, 6.45) is 0. The molecule has 3 aromatic rings. The Morgan fingerprint density at radius 2 is 1.60 bits per heavy atom. The van der Waals surface area contributed by atoms with Crippen LogP contribution in [0.1, 0.15) is 11.1 Å². The van der Waals surface area contributed by atoms with Gasteiger partial charge >= 0.3 is 0 Å². The zero-order valence-electron chi connectivity index (χ0n) is 13.6. The zero-order valence-corrected chi connectivity index (χ0v) is 13.6. The molecule has 0 saturated heterocycles. The average molecular weight is 330 g/mol. The summed E-state index contributed by atoms with van der Waals surface area (Å²) < 4.78 is 5.85. The maximum atomic E-state index is 7.51. The summed E-state index contributed by atoms with van der Waals surface area (Å²) in [6, 6.07) is 24.9. The van der Waals surface area contributed by atoms with Crippen LogP contribution in [0.3, 0.4) is 0 Å². The Balaban J connectivity index is 1.62. The third kappa shape index (κ3) is 4.51. The molecule has 0 fully saturated rings. The Morgan fingerprint density at radius 1 is 0.880 bits per heavy atom. The van der Waals surface area contributed by atoms with Crippen LogP contribution in [-0.2, 0) is 6.54 Å². The normalized spacial score (nSPS) is 10.1. The number of nitrogens with one attached hydrogen (secondary N) is 3. The van der Waals surface area contributed by atoms with Crippen LogP contribution in [0.25, 0.3) is 0 Å². The van der Waals surface area contributed by atoms with Gasteiger partial charge in [-0.2, -0.15) is 0 Å². The molecule has 0 bridgehead atoms. The summed E-state index contributed by atoms with van der Waals surface area (Å²) in [5.74, 6) is 1.56. The van der Waals surface area contributed by atoms with E-state index in [1.807, 2.05) is 66.7 Å². The van der Waals surface area contributed by atoms with E-state index in [9.17, 15) is 0 Å². The molecule has 0 heterocycles. The number of anilines is 1. The number of benzene rings is 3. The third-order valence-electron chi connectivity index (χ3n) is 3.64. The van der Waals surface area contributed by atoms with Crippen molar-refractivity contribution in [3.05, 3.63) is 90.0 Å². The minimum Gasteiger partial charge on any atom is -0.457 e. The summed E-state index contributed by atoms with van der Waals surface area (Å²) >= 11 is 0. The number of amidine groups is 1. The summed E-state index contributed by atoms with van der Waals surface area (Å²) in [4.78, 5) is 0. The molecule has 5 heteroatoms. The summed E-state index contributed by atoms with van der Waals surface area (Å²) in [5, 5.41) is 14.0. The first-order valence-corrected chi connectivity index (χ1v) is 7.87. The van der Waals surface area contributed by atoms with Gasteiger partial charge in [0.2, 0.25) is 0 Å². The molecule has 0 aliphatic heterocycles. The highest BCUT2D eigenvalue weighted by Gasteiger charge is 2.01. The molecule has 3 aromatic carbocycles. The van der Waals surface area contributed by atoms with E-state index in [-0.39, 0.29) is 5.84 Å². The van der Waals surface area contributed by atoms with Gasteiger partial charge in [0.05, 0.1) is 0 Å². The first-order valence-electron chi connectivity index (χ1n) is 7.87. The Labute approximate surface area is 146 Å². The highest BCUT2D eigenvalue weighted by molar-refractivity contribution is 5.96. The Kier molecular flexibility index (Phi) is 5.16. The molecular formula is C20H18N4O. The Bertz CT molecular complexity index is 860. The van der Waals surface area contributed by atoms with Crippen molar-refractivity contribution in [3.8, 4) is 11.5 Å². The molecule has 3 N–H and O–H groups in total. The molecule has 0 radical (unpaired) electrons. The lowest BCUT2D eigenvalue weighted by atomic mass is 10.1. The fraction of sp³-hybridized carbons (Fsp3) is 0.0500. The Morgan fingerprint density at radius 3 is 2.32 bits per heavy atom.